The van der Waals surface area contributed by atoms with Crippen molar-refractivity contribution < 1.29 is 0 Å². The summed E-state index contributed by atoms with van der Waals surface area (Å²) in [6, 6.07) is 32.1. The molecule has 0 saturated carbocycles. The molecule has 3 heteroatoms. The van der Waals surface area contributed by atoms with E-state index in [0.717, 1.165) is 18.7 Å². The normalized spacial score (nSPS) is 12.6. The Morgan fingerprint density at radius 1 is 0.793 bits per heavy atom. The lowest BCUT2D eigenvalue weighted by atomic mass is 9.76. The molecule has 0 saturated heterocycles. The molecule has 29 heavy (non-hydrogen) atoms. The van der Waals surface area contributed by atoms with Gasteiger partial charge in [0.25, 0.3) is 0 Å². The molecule has 0 fully saturated rings. The fourth-order valence-corrected chi connectivity index (χ4v) is 4.12. The minimum absolute atomic E-state index is 0.0798. The second-order valence-electron chi connectivity index (χ2n) is 7.39. The fraction of sp³-hybridized carbons (Fsp3) is 0.192. The van der Waals surface area contributed by atoms with Gasteiger partial charge in [-0.1, -0.05) is 97.9 Å². The summed E-state index contributed by atoms with van der Waals surface area (Å²) >= 11 is 0. The van der Waals surface area contributed by atoms with Crippen LogP contribution in [-0.2, 0) is 12.0 Å². The molecule has 0 radical (unpaired) electrons. The number of rotatable bonds is 7. The van der Waals surface area contributed by atoms with Gasteiger partial charge in [0.2, 0.25) is 0 Å². The van der Waals surface area contributed by atoms with E-state index < -0.39 is 5.54 Å². The molecule has 2 N–H and O–H groups in total. The first-order chi connectivity index (χ1) is 14.3. The number of hydrogen-bond donors (Lipinski definition) is 1. The molecule has 146 valence electrons. The molecule has 0 aliphatic carbocycles. The van der Waals surface area contributed by atoms with Gasteiger partial charge < -0.3 is 10.3 Å². The minimum atomic E-state index is -0.525. The molecule has 0 aliphatic heterocycles. The van der Waals surface area contributed by atoms with Gasteiger partial charge in [0.1, 0.15) is 11.4 Å². The molecule has 1 aromatic heterocycles. The molecule has 1 unspecified atom stereocenters. The molecule has 0 aliphatic rings. The smallest absolute Gasteiger partial charge is 0.121 e. The summed E-state index contributed by atoms with van der Waals surface area (Å²) in [5.74, 6) is 0.996. The highest BCUT2D eigenvalue weighted by Crippen LogP contribution is 2.41. The predicted octanol–water partition coefficient (Wildman–Crippen LogP) is 5.00. The zero-order valence-electron chi connectivity index (χ0n) is 16.8. The maximum Gasteiger partial charge on any atom is 0.121 e. The summed E-state index contributed by atoms with van der Waals surface area (Å²) in [5, 5.41) is 0. The van der Waals surface area contributed by atoms with Crippen LogP contribution >= 0.6 is 0 Å². The number of aromatic nitrogens is 2. The maximum atomic E-state index is 6.34. The number of imidazole rings is 1. The topological polar surface area (TPSA) is 43.8 Å². The minimum Gasteiger partial charge on any atom is -0.327 e. The zero-order valence-corrected chi connectivity index (χ0v) is 16.8. The second-order valence-corrected chi connectivity index (χ2v) is 7.39. The van der Waals surface area contributed by atoms with E-state index in [-0.39, 0.29) is 6.04 Å². The highest BCUT2D eigenvalue weighted by Gasteiger charge is 2.39. The van der Waals surface area contributed by atoms with Crippen molar-refractivity contribution in [2.24, 2.45) is 5.73 Å². The van der Waals surface area contributed by atoms with E-state index in [2.05, 4.69) is 109 Å². The highest BCUT2D eigenvalue weighted by molar-refractivity contribution is 5.51. The third-order valence-corrected chi connectivity index (χ3v) is 5.62. The van der Waals surface area contributed by atoms with E-state index >= 15 is 0 Å². The van der Waals surface area contributed by atoms with Gasteiger partial charge in [-0.25, -0.2) is 4.98 Å². The molecular formula is C26H27N3. The Morgan fingerprint density at radius 3 is 1.66 bits per heavy atom. The van der Waals surface area contributed by atoms with Crippen LogP contribution < -0.4 is 5.73 Å². The van der Waals surface area contributed by atoms with Crippen LogP contribution in [0.2, 0.25) is 0 Å². The van der Waals surface area contributed by atoms with Gasteiger partial charge in [-0.05, 0) is 23.1 Å². The van der Waals surface area contributed by atoms with E-state index in [1.807, 2.05) is 6.20 Å². The van der Waals surface area contributed by atoms with Gasteiger partial charge in [0.05, 0.1) is 0 Å². The lowest BCUT2D eigenvalue weighted by Crippen LogP contribution is -2.39. The average Bonchev–Trinajstić information content (AvgIpc) is 3.25. The average molecular weight is 382 g/mol. The van der Waals surface area contributed by atoms with Gasteiger partial charge in [-0.15, -0.1) is 0 Å². The maximum absolute atomic E-state index is 6.34. The fourth-order valence-electron chi connectivity index (χ4n) is 4.12. The molecule has 1 atom stereocenters. The first-order valence-electron chi connectivity index (χ1n) is 10.2. The van der Waals surface area contributed by atoms with Gasteiger partial charge in [-0.3, -0.25) is 0 Å². The summed E-state index contributed by atoms with van der Waals surface area (Å²) in [7, 11) is 0. The summed E-state index contributed by atoms with van der Waals surface area (Å²) in [6.07, 6.45) is 5.63. The Labute approximate surface area is 172 Å². The van der Waals surface area contributed by atoms with Crippen molar-refractivity contribution in [3.63, 3.8) is 0 Å². The third kappa shape index (κ3) is 3.50. The van der Waals surface area contributed by atoms with E-state index in [1.54, 1.807) is 0 Å². The summed E-state index contributed by atoms with van der Waals surface area (Å²) in [6.45, 7) is 2.12. The lowest BCUT2D eigenvalue weighted by Gasteiger charge is -2.38. The number of nitrogens with two attached hydrogens (primary N) is 1. The monoisotopic (exact) mass is 381 g/mol. The Hall–Kier alpha value is -3.17. The van der Waals surface area contributed by atoms with Crippen LogP contribution in [0.3, 0.4) is 0 Å². The molecule has 4 rings (SSSR count). The van der Waals surface area contributed by atoms with Gasteiger partial charge >= 0.3 is 0 Å². The Balaban J connectivity index is 2.06. The van der Waals surface area contributed by atoms with E-state index in [1.165, 1.54) is 16.7 Å². The van der Waals surface area contributed by atoms with Crippen LogP contribution in [0, 0.1) is 0 Å². The Kier molecular flexibility index (Phi) is 5.59. The van der Waals surface area contributed by atoms with Crippen molar-refractivity contribution >= 4 is 0 Å². The van der Waals surface area contributed by atoms with Crippen LogP contribution in [0.5, 0.6) is 0 Å². The third-order valence-electron chi connectivity index (χ3n) is 5.62. The van der Waals surface area contributed by atoms with E-state index in [9.17, 15) is 0 Å². The lowest BCUT2D eigenvalue weighted by molar-refractivity contribution is 0.478. The molecule has 0 amide bonds. The van der Waals surface area contributed by atoms with Crippen molar-refractivity contribution in [2.75, 3.05) is 0 Å². The zero-order chi connectivity index (χ0) is 20.1. The molecular weight excluding hydrogens is 354 g/mol. The van der Waals surface area contributed by atoms with Crippen LogP contribution in [-0.4, -0.2) is 15.6 Å². The first kappa shape index (κ1) is 19.2. The van der Waals surface area contributed by atoms with Crippen molar-refractivity contribution in [3.8, 4) is 0 Å². The quantitative estimate of drug-likeness (QED) is 0.458. The van der Waals surface area contributed by atoms with E-state index in [4.69, 9.17) is 10.7 Å². The molecule has 3 aromatic carbocycles. The Morgan fingerprint density at radius 2 is 1.24 bits per heavy atom. The first-order valence-corrected chi connectivity index (χ1v) is 10.2. The largest absolute Gasteiger partial charge is 0.327 e. The summed E-state index contributed by atoms with van der Waals surface area (Å²) in [4.78, 5) is 4.73. The molecule has 4 aromatic rings. The van der Waals surface area contributed by atoms with Crippen molar-refractivity contribution in [1.82, 2.24) is 9.55 Å². The van der Waals surface area contributed by atoms with E-state index in [0.29, 0.717) is 0 Å². The number of nitrogens with zero attached hydrogens (tertiary/aromatic N) is 2. The van der Waals surface area contributed by atoms with Crippen LogP contribution in [0.4, 0.5) is 0 Å². The van der Waals surface area contributed by atoms with Gasteiger partial charge in [0.15, 0.2) is 0 Å². The molecule has 0 bridgehead atoms. The second kappa shape index (κ2) is 8.46. The molecule has 1 heterocycles. The SMILES string of the molecule is CCC(N)Cc1nccn1C(c1ccccc1)(c1ccccc1)c1ccccc1. The van der Waals surface area contributed by atoms with Crippen molar-refractivity contribution in [1.29, 1.82) is 0 Å². The van der Waals surface area contributed by atoms with Gasteiger partial charge in [-0.2, -0.15) is 0 Å². The van der Waals surface area contributed by atoms with Crippen LogP contribution in [0.15, 0.2) is 103 Å². The van der Waals surface area contributed by atoms with Gasteiger partial charge in [0, 0.05) is 24.9 Å². The van der Waals surface area contributed by atoms with Crippen LogP contribution in [0.1, 0.15) is 35.9 Å². The summed E-state index contributed by atoms with van der Waals surface area (Å²) in [5.41, 5.74) is 9.40. The standard InChI is InChI=1S/C26H27N3/c1-2-24(27)20-25-28-18-19-29(25)26(21-12-6-3-7-13-21,22-14-8-4-9-15-22)23-16-10-5-11-17-23/h3-19,24H,2,20,27H2,1H3. The number of benzene rings is 3. The molecule has 0 spiro atoms. The summed E-state index contributed by atoms with van der Waals surface area (Å²) < 4.78 is 2.31. The molecule has 3 nitrogen and oxygen atoms in total. The highest BCUT2D eigenvalue weighted by atomic mass is 15.1. The van der Waals surface area contributed by atoms with Crippen molar-refractivity contribution in [2.45, 2.75) is 31.3 Å². The van der Waals surface area contributed by atoms with Crippen LogP contribution in [0.25, 0.3) is 0 Å². The van der Waals surface area contributed by atoms with Crippen molar-refractivity contribution in [3.05, 3.63) is 126 Å². The number of hydrogen-bond acceptors (Lipinski definition) is 2. The predicted molar refractivity (Wildman–Crippen MR) is 119 cm³/mol. The Bertz CT molecular complexity index is 927.